The number of benzene rings is 2. The first-order chi connectivity index (χ1) is 17.4. The number of amides is 3. The molecule has 9 heteroatoms. The second-order valence-electron chi connectivity index (χ2n) is 8.63. The van der Waals surface area contributed by atoms with Crippen molar-refractivity contribution >= 4 is 23.3 Å². The van der Waals surface area contributed by atoms with Crippen molar-refractivity contribution in [3.63, 3.8) is 0 Å². The fourth-order valence-electron chi connectivity index (χ4n) is 4.11. The molecule has 0 spiro atoms. The van der Waals surface area contributed by atoms with Crippen LogP contribution in [0.2, 0.25) is 0 Å². The first-order valence-corrected chi connectivity index (χ1v) is 12.3. The SMILES string of the molecule is CCN(CC)c1ccc(C#Cc2ccc(N3CCN(C(=O)N[C@H](C(=O)NO)[C@@H](C)O)CC3)cc2)cc1. The van der Waals surface area contributed by atoms with Gasteiger partial charge in [-0.1, -0.05) is 11.8 Å². The molecule has 0 aliphatic carbocycles. The van der Waals surface area contributed by atoms with Gasteiger partial charge in [0.1, 0.15) is 6.04 Å². The smallest absolute Gasteiger partial charge is 0.318 e. The Labute approximate surface area is 212 Å². The summed E-state index contributed by atoms with van der Waals surface area (Å²) in [6.45, 7) is 9.79. The molecule has 0 unspecified atom stereocenters. The fourth-order valence-corrected chi connectivity index (χ4v) is 4.11. The third-order valence-electron chi connectivity index (χ3n) is 6.30. The van der Waals surface area contributed by atoms with Gasteiger partial charge in [-0.15, -0.1) is 0 Å². The second kappa shape index (κ2) is 12.8. The van der Waals surface area contributed by atoms with Crippen molar-refractivity contribution in [3.8, 4) is 11.8 Å². The molecule has 2 aromatic carbocycles. The molecule has 1 fully saturated rings. The molecule has 0 radical (unpaired) electrons. The zero-order chi connectivity index (χ0) is 26.1. The van der Waals surface area contributed by atoms with Crippen LogP contribution >= 0.6 is 0 Å². The predicted molar refractivity (Wildman–Crippen MR) is 140 cm³/mol. The fraction of sp³-hybridized carbons (Fsp3) is 0.407. The molecular weight excluding hydrogens is 458 g/mol. The maximum Gasteiger partial charge on any atom is 0.318 e. The number of aliphatic hydroxyl groups is 1. The van der Waals surface area contributed by atoms with Crippen molar-refractivity contribution in [2.75, 3.05) is 49.1 Å². The lowest BCUT2D eigenvalue weighted by Gasteiger charge is -2.36. The van der Waals surface area contributed by atoms with E-state index in [9.17, 15) is 14.7 Å². The summed E-state index contributed by atoms with van der Waals surface area (Å²) in [4.78, 5) is 30.2. The van der Waals surface area contributed by atoms with E-state index in [1.165, 1.54) is 18.1 Å². The van der Waals surface area contributed by atoms with E-state index in [0.717, 1.165) is 29.9 Å². The first kappa shape index (κ1) is 26.9. The van der Waals surface area contributed by atoms with Gasteiger partial charge in [-0.3, -0.25) is 10.0 Å². The summed E-state index contributed by atoms with van der Waals surface area (Å²) in [7, 11) is 0. The van der Waals surface area contributed by atoms with Gasteiger partial charge < -0.3 is 25.1 Å². The Kier molecular flexibility index (Phi) is 9.56. The summed E-state index contributed by atoms with van der Waals surface area (Å²) in [6, 6.07) is 14.6. The molecule has 192 valence electrons. The minimum absolute atomic E-state index is 0.458. The highest BCUT2D eigenvalue weighted by Crippen LogP contribution is 2.18. The number of piperazine rings is 1. The van der Waals surface area contributed by atoms with Crippen LogP contribution in [0.5, 0.6) is 0 Å². The number of carbonyl (C=O) groups excluding carboxylic acids is 2. The number of nitrogens with zero attached hydrogens (tertiary/aromatic N) is 3. The number of carbonyl (C=O) groups is 2. The van der Waals surface area contributed by atoms with Crippen molar-refractivity contribution in [2.24, 2.45) is 0 Å². The van der Waals surface area contributed by atoms with Crippen LogP contribution in [0.1, 0.15) is 31.9 Å². The van der Waals surface area contributed by atoms with Crippen molar-refractivity contribution < 1.29 is 19.9 Å². The topological polar surface area (TPSA) is 108 Å². The van der Waals surface area contributed by atoms with Crippen LogP contribution in [0.4, 0.5) is 16.2 Å². The summed E-state index contributed by atoms with van der Waals surface area (Å²) in [5.41, 5.74) is 5.61. The zero-order valence-corrected chi connectivity index (χ0v) is 21.1. The highest BCUT2D eigenvalue weighted by atomic mass is 16.5. The van der Waals surface area contributed by atoms with Gasteiger partial charge in [0.05, 0.1) is 6.10 Å². The predicted octanol–water partition coefficient (Wildman–Crippen LogP) is 2.02. The number of rotatable bonds is 7. The Hall–Kier alpha value is -3.74. The Balaban J connectivity index is 1.54. The largest absolute Gasteiger partial charge is 0.391 e. The maximum atomic E-state index is 12.5. The second-order valence-corrected chi connectivity index (χ2v) is 8.63. The molecule has 1 aliphatic heterocycles. The van der Waals surface area contributed by atoms with Gasteiger partial charge in [0.25, 0.3) is 5.91 Å². The average Bonchev–Trinajstić information content (AvgIpc) is 2.91. The van der Waals surface area contributed by atoms with E-state index in [4.69, 9.17) is 5.21 Å². The number of anilines is 2. The number of hydroxylamine groups is 1. The molecule has 3 amide bonds. The molecule has 9 nitrogen and oxygen atoms in total. The molecule has 0 bridgehead atoms. The molecular formula is C27H35N5O4. The molecule has 2 aromatic rings. The normalized spacial score (nSPS) is 14.8. The van der Waals surface area contributed by atoms with E-state index < -0.39 is 24.1 Å². The lowest BCUT2D eigenvalue weighted by atomic mass is 10.1. The van der Waals surface area contributed by atoms with Crippen LogP contribution in [0.3, 0.4) is 0 Å². The monoisotopic (exact) mass is 493 g/mol. The van der Waals surface area contributed by atoms with Crippen molar-refractivity contribution in [2.45, 2.75) is 32.9 Å². The molecule has 0 saturated carbocycles. The van der Waals surface area contributed by atoms with Crippen molar-refractivity contribution in [1.29, 1.82) is 0 Å². The van der Waals surface area contributed by atoms with Crippen LogP contribution < -0.4 is 20.6 Å². The number of nitrogens with one attached hydrogen (secondary N) is 2. The van der Waals surface area contributed by atoms with Crippen LogP contribution in [0, 0.1) is 11.8 Å². The van der Waals surface area contributed by atoms with Crippen LogP contribution in [-0.4, -0.2) is 78.6 Å². The van der Waals surface area contributed by atoms with E-state index >= 15 is 0 Å². The summed E-state index contributed by atoms with van der Waals surface area (Å²) in [5, 5.41) is 21.0. The average molecular weight is 494 g/mol. The molecule has 1 saturated heterocycles. The molecule has 1 heterocycles. The highest BCUT2D eigenvalue weighted by molar-refractivity contribution is 5.87. The van der Waals surface area contributed by atoms with Gasteiger partial charge >= 0.3 is 6.03 Å². The number of aliphatic hydroxyl groups excluding tert-OH is 1. The van der Waals surface area contributed by atoms with Crippen LogP contribution in [-0.2, 0) is 4.79 Å². The molecule has 2 atom stereocenters. The van der Waals surface area contributed by atoms with Gasteiger partial charge in [-0.05, 0) is 69.3 Å². The Bertz CT molecular complexity index is 1060. The molecule has 36 heavy (non-hydrogen) atoms. The molecule has 0 aromatic heterocycles. The van der Waals surface area contributed by atoms with Crippen molar-refractivity contribution in [3.05, 3.63) is 59.7 Å². The number of hydrogen-bond acceptors (Lipinski definition) is 6. The van der Waals surface area contributed by atoms with Crippen molar-refractivity contribution in [1.82, 2.24) is 15.7 Å². The highest BCUT2D eigenvalue weighted by Gasteiger charge is 2.29. The number of hydrogen-bond donors (Lipinski definition) is 4. The minimum Gasteiger partial charge on any atom is -0.391 e. The third kappa shape index (κ3) is 6.90. The lowest BCUT2D eigenvalue weighted by Crippen LogP contribution is -2.58. The molecule has 3 rings (SSSR count). The molecule has 1 aliphatic rings. The van der Waals surface area contributed by atoms with Crippen LogP contribution in [0.15, 0.2) is 48.5 Å². The quantitative estimate of drug-likeness (QED) is 0.267. The van der Waals surface area contributed by atoms with Gasteiger partial charge in [-0.2, -0.15) is 0 Å². The van der Waals surface area contributed by atoms with Gasteiger partial charge in [0, 0.05) is 61.8 Å². The number of urea groups is 1. The Morgan fingerprint density at radius 2 is 1.47 bits per heavy atom. The van der Waals surface area contributed by atoms with E-state index in [-0.39, 0.29) is 0 Å². The zero-order valence-electron chi connectivity index (χ0n) is 21.1. The summed E-state index contributed by atoms with van der Waals surface area (Å²) in [5.74, 6) is 5.57. The van der Waals surface area contributed by atoms with E-state index in [2.05, 4.69) is 52.9 Å². The standard InChI is InChI=1S/C27H35N5O4/c1-4-30(5-2)23-12-8-21(9-13-23)6-7-22-10-14-24(15-11-22)31-16-18-32(19-17-31)27(35)28-25(20(3)33)26(34)29-36/h8-15,20,25,33,36H,4-5,16-19H2,1-3H3,(H,28,35)(H,29,34)/t20-,25+/m1/s1. The van der Waals surface area contributed by atoms with Crippen LogP contribution in [0.25, 0.3) is 0 Å². The summed E-state index contributed by atoms with van der Waals surface area (Å²) < 4.78 is 0. The van der Waals surface area contributed by atoms with E-state index in [0.29, 0.717) is 26.2 Å². The van der Waals surface area contributed by atoms with Gasteiger partial charge in [0.2, 0.25) is 0 Å². The maximum absolute atomic E-state index is 12.5. The lowest BCUT2D eigenvalue weighted by molar-refractivity contribution is -0.133. The first-order valence-electron chi connectivity index (χ1n) is 12.3. The minimum atomic E-state index is -1.23. The van der Waals surface area contributed by atoms with E-state index in [1.54, 1.807) is 4.90 Å². The van der Waals surface area contributed by atoms with Gasteiger partial charge in [0.15, 0.2) is 0 Å². The third-order valence-corrected chi connectivity index (χ3v) is 6.30. The Morgan fingerprint density at radius 3 is 1.94 bits per heavy atom. The summed E-state index contributed by atoms with van der Waals surface area (Å²) >= 11 is 0. The summed E-state index contributed by atoms with van der Waals surface area (Å²) in [6.07, 6.45) is -1.14. The molecule has 4 N–H and O–H groups in total. The van der Waals surface area contributed by atoms with E-state index in [1.807, 2.05) is 36.4 Å². The van der Waals surface area contributed by atoms with Gasteiger partial charge in [-0.25, -0.2) is 10.3 Å². The Morgan fingerprint density at radius 1 is 0.944 bits per heavy atom.